The molecule has 6 nitrogen and oxygen atoms in total. The minimum atomic E-state index is -0.598. The molecule has 3 rings (SSSR count). The largest absolute Gasteiger partial charge is 0.458 e. The predicted molar refractivity (Wildman–Crippen MR) is 74.2 cm³/mol. The molecule has 2 heterocycles. The third kappa shape index (κ3) is 2.51. The van der Waals surface area contributed by atoms with Crippen molar-refractivity contribution in [1.82, 2.24) is 9.80 Å². The summed E-state index contributed by atoms with van der Waals surface area (Å²) in [6.45, 7) is 1.22. The van der Waals surface area contributed by atoms with Gasteiger partial charge in [-0.2, -0.15) is 0 Å². The van der Waals surface area contributed by atoms with Gasteiger partial charge in [-0.25, -0.2) is 0 Å². The second kappa shape index (κ2) is 5.31. The number of rotatable bonds is 1. The molecule has 0 aromatic heterocycles. The van der Waals surface area contributed by atoms with Crippen LogP contribution in [-0.2, 0) is 19.1 Å². The van der Waals surface area contributed by atoms with Crippen LogP contribution in [0.5, 0.6) is 0 Å². The van der Waals surface area contributed by atoms with E-state index in [2.05, 4.69) is 0 Å². The van der Waals surface area contributed by atoms with E-state index >= 15 is 0 Å². The summed E-state index contributed by atoms with van der Waals surface area (Å²) in [6, 6.07) is 0. The van der Waals surface area contributed by atoms with Gasteiger partial charge < -0.3 is 14.5 Å². The fraction of sp³-hybridized carbons (Fsp3) is 0.800. The number of amides is 2. The van der Waals surface area contributed by atoms with Crippen LogP contribution in [0.1, 0.15) is 38.5 Å². The van der Waals surface area contributed by atoms with Crippen LogP contribution >= 0.6 is 0 Å². The van der Waals surface area contributed by atoms with Gasteiger partial charge in [0.15, 0.2) is 0 Å². The quantitative estimate of drug-likeness (QED) is 0.663. The van der Waals surface area contributed by atoms with Gasteiger partial charge >= 0.3 is 5.97 Å². The Morgan fingerprint density at radius 3 is 2.57 bits per heavy atom. The van der Waals surface area contributed by atoms with Gasteiger partial charge in [0.25, 0.3) is 0 Å². The van der Waals surface area contributed by atoms with Gasteiger partial charge in [-0.15, -0.1) is 0 Å². The molecule has 21 heavy (non-hydrogen) atoms. The molecule has 1 spiro atoms. The van der Waals surface area contributed by atoms with Crippen molar-refractivity contribution < 1.29 is 19.1 Å². The van der Waals surface area contributed by atoms with E-state index in [-0.39, 0.29) is 30.7 Å². The molecule has 0 bridgehead atoms. The van der Waals surface area contributed by atoms with Crippen LogP contribution in [0.2, 0.25) is 0 Å². The lowest BCUT2D eigenvalue weighted by Crippen LogP contribution is -2.55. The third-order valence-electron chi connectivity index (χ3n) is 5.09. The number of carbonyl (C=O) groups is 3. The first kappa shape index (κ1) is 14.4. The number of esters is 1. The molecule has 6 heteroatoms. The number of carbonyl (C=O) groups excluding carboxylic acids is 3. The summed E-state index contributed by atoms with van der Waals surface area (Å²) in [4.78, 5) is 39.6. The molecule has 2 amide bonds. The summed E-state index contributed by atoms with van der Waals surface area (Å²) in [5.41, 5.74) is -0.598. The van der Waals surface area contributed by atoms with E-state index in [1.165, 1.54) is 0 Å². The number of hydrogen-bond acceptors (Lipinski definition) is 4. The molecule has 1 aliphatic carbocycles. The topological polar surface area (TPSA) is 66.9 Å². The highest BCUT2D eigenvalue weighted by Gasteiger charge is 2.54. The SMILES string of the molecule is CN1CCN(C(=O)C2CC(=O)OC23CCCCC3)CC1=O. The normalized spacial score (nSPS) is 28.9. The van der Waals surface area contributed by atoms with Crippen molar-refractivity contribution in [2.24, 2.45) is 5.92 Å². The van der Waals surface area contributed by atoms with Gasteiger partial charge in [0.2, 0.25) is 11.8 Å². The average Bonchev–Trinajstić information content (AvgIpc) is 2.78. The van der Waals surface area contributed by atoms with E-state index in [1.54, 1.807) is 16.8 Å². The lowest BCUT2D eigenvalue weighted by atomic mass is 9.75. The molecule has 0 N–H and O–H groups in total. The Morgan fingerprint density at radius 1 is 1.19 bits per heavy atom. The van der Waals surface area contributed by atoms with Crippen LogP contribution in [0.4, 0.5) is 0 Å². The number of ether oxygens (including phenoxy) is 1. The van der Waals surface area contributed by atoms with Crippen molar-refractivity contribution in [1.29, 1.82) is 0 Å². The van der Waals surface area contributed by atoms with Crippen LogP contribution in [0.25, 0.3) is 0 Å². The molecular weight excluding hydrogens is 272 g/mol. The van der Waals surface area contributed by atoms with Gasteiger partial charge in [0, 0.05) is 20.1 Å². The van der Waals surface area contributed by atoms with Crippen molar-refractivity contribution in [3.63, 3.8) is 0 Å². The molecule has 2 aliphatic heterocycles. The van der Waals surface area contributed by atoms with E-state index in [9.17, 15) is 14.4 Å². The predicted octanol–water partition coefficient (Wildman–Crippen LogP) is 0.553. The Hall–Kier alpha value is -1.59. The maximum absolute atomic E-state index is 12.8. The Labute approximate surface area is 124 Å². The third-order valence-corrected chi connectivity index (χ3v) is 5.09. The zero-order valence-corrected chi connectivity index (χ0v) is 12.5. The van der Waals surface area contributed by atoms with E-state index in [0.29, 0.717) is 13.1 Å². The second-order valence-electron chi connectivity index (χ2n) is 6.43. The zero-order chi connectivity index (χ0) is 15.0. The van der Waals surface area contributed by atoms with E-state index in [1.807, 2.05) is 0 Å². The summed E-state index contributed by atoms with van der Waals surface area (Å²) in [5, 5.41) is 0. The summed E-state index contributed by atoms with van der Waals surface area (Å²) in [5.74, 6) is -0.793. The Balaban J connectivity index is 1.76. The van der Waals surface area contributed by atoms with Crippen molar-refractivity contribution in [2.45, 2.75) is 44.1 Å². The lowest BCUT2D eigenvalue weighted by molar-refractivity contribution is -0.158. The highest BCUT2D eigenvalue weighted by atomic mass is 16.6. The van der Waals surface area contributed by atoms with Crippen molar-refractivity contribution >= 4 is 17.8 Å². The van der Waals surface area contributed by atoms with Crippen molar-refractivity contribution in [3.05, 3.63) is 0 Å². The number of likely N-dealkylation sites (N-methyl/N-ethyl adjacent to an activating group) is 1. The molecule has 3 aliphatic rings. The second-order valence-corrected chi connectivity index (χ2v) is 6.43. The van der Waals surface area contributed by atoms with E-state index in [4.69, 9.17) is 4.74 Å². The van der Waals surface area contributed by atoms with Gasteiger partial charge in [0.1, 0.15) is 5.60 Å². The van der Waals surface area contributed by atoms with Crippen LogP contribution in [0.3, 0.4) is 0 Å². The molecule has 0 aromatic carbocycles. The van der Waals surface area contributed by atoms with E-state index in [0.717, 1.165) is 32.1 Å². The zero-order valence-electron chi connectivity index (χ0n) is 12.5. The first-order valence-corrected chi connectivity index (χ1v) is 7.76. The molecule has 2 saturated heterocycles. The summed E-state index contributed by atoms with van der Waals surface area (Å²) >= 11 is 0. The van der Waals surface area contributed by atoms with Crippen molar-refractivity contribution in [2.75, 3.05) is 26.7 Å². The maximum Gasteiger partial charge on any atom is 0.307 e. The van der Waals surface area contributed by atoms with Gasteiger partial charge in [-0.3, -0.25) is 14.4 Å². The molecular formula is C15H22N2O4. The molecule has 3 fully saturated rings. The monoisotopic (exact) mass is 294 g/mol. The molecule has 1 unspecified atom stereocenters. The molecule has 0 radical (unpaired) electrons. The number of nitrogens with zero attached hydrogens (tertiary/aromatic N) is 2. The van der Waals surface area contributed by atoms with Gasteiger partial charge in [-0.05, 0) is 25.7 Å². The van der Waals surface area contributed by atoms with E-state index < -0.39 is 11.5 Å². The minimum absolute atomic E-state index is 0.0439. The fourth-order valence-electron chi connectivity index (χ4n) is 3.77. The average molecular weight is 294 g/mol. The first-order chi connectivity index (χ1) is 10.0. The van der Waals surface area contributed by atoms with Gasteiger partial charge in [-0.1, -0.05) is 6.42 Å². The smallest absolute Gasteiger partial charge is 0.307 e. The molecule has 0 aromatic rings. The van der Waals surface area contributed by atoms with Crippen LogP contribution in [0, 0.1) is 5.92 Å². The Bertz CT molecular complexity index is 470. The standard InChI is InChI=1S/C15H22N2O4/c1-16-7-8-17(10-12(16)18)14(20)11-9-13(19)21-15(11)5-3-2-4-6-15/h11H,2-10H2,1H3. The van der Waals surface area contributed by atoms with Gasteiger partial charge in [0.05, 0.1) is 18.9 Å². The fourth-order valence-corrected chi connectivity index (χ4v) is 3.77. The highest BCUT2D eigenvalue weighted by molar-refractivity contribution is 5.91. The number of hydrogen-bond donors (Lipinski definition) is 0. The lowest BCUT2D eigenvalue weighted by Gasteiger charge is -2.39. The van der Waals surface area contributed by atoms with Crippen LogP contribution in [-0.4, -0.2) is 59.9 Å². The molecule has 1 saturated carbocycles. The summed E-state index contributed by atoms with van der Waals surface area (Å²) < 4.78 is 5.58. The number of piperazine rings is 1. The van der Waals surface area contributed by atoms with Crippen molar-refractivity contribution in [3.8, 4) is 0 Å². The summed E-state index contributed by atoms with van der Waals surface area (Å²) in [7, 11) is 1.75. The highest BCUT2D eigenvalue weighted by Crippen LogP contribution is 2.44. The molecule has 116 valence electrons. The van der Waals surface area contributed by atoms with Crippen LogP contribution < -0.4 is 0 Å². The minimum Gasteiger partial charge on any atom is -0.458 e. The first-order valence-electron chi connectivity index (χ1n) is 7.76. The maximum atomic E-state index is 12.8. The Morgan fingerprint density at radius 2 is 1.90 bits per heavy atom. The van der Waals surface area contributed by atoms with Crippen LogP contribution in [0.15, 0.2) is 0 Å². The Kier molecular flexibility index (Phi) is 3.63. The summed E-state index contributed by atoms with van der Waals surface area (Å²) in [6.07, 6.45) is 4.84. The molecule has 1 atom stereocenters.